The lowest BCUT2D eigenvalue weighted by Gasteiger charge is -2.22. The molecule has 0 amide bonds. The van der Waals surface area contributed by atoms with Gasteiger partial charge in [-0.2, -0.15) is 0 Å². The van der Waals surface area contributed by atoms with Crippen LogP contribution in [0, 0.1) is 5.82 Å². The van der Waals surface area contributed by atoms with Crippen molar-refractivity contribution in [1.29, 1.82) is 0 Å². The molecule has 0 saturated heterocycles. The molecule has 0 aromatic carbocycles. The van der Waals surface area contributed by atoms with Gasteiger partial charge < -0.3 is 9.84 Å². The zero-order valence-electron chi connectivity index (χ0n) is 9.36. The molecule has 4 nitrogen and oxygen atoms in total. The number of aromatic carboxylic acids is 1. The summed E-state index contributed by atoms with van der Waals surface area (Å²) in [5.74, 6) is -2.39. The predicted molar refractivity (Wildman–Crippen MR) is 58.7 cm³/mol. The van der Waals surface area contributed by atoms with E-state index in [1.54, 1.807) is 0 Å². The molecule has 2 rings (SSSR count). The average Bonchev–Trinajstić information content (AvgIpc) is 2.33. The number of nitrogens with zero attached hydrogens (tertiary/aromatic N) is 1. The fourth-order valence-corrected chi connectivity index (χ4v) is 2.01. The first-order valence-electron chi connectivity index (χ1n) is 5.73. The molecule has 17 heavy (non-hydrogen) atoms. The third-order valence-electron chi connectivity index (χ3n) is 2.92. The van der Waals surface area contributed by atoms with Crippen molar-refractivity contribution in [2.75, 3.05) is 0 Å². The molecule has 1 aromatic heterocycles. The van der Waals surface area contributed by atoms with Gasteiger partial charge >= 0.3 is 5.97 Å². The van der Waals surface area contributed by atoms with Crippen LogP contribution in [0.3, 0.4) is 0 Å². The van der Waals surface area contributed by atoms with Crippen LogP contribution in [0.15, 0.2) is 12.3 Å². The third-order valence-corrected chi connectivity index (χ3v) is 2.92. The first-order valence-corrected chi connectivity index (χ1v) is 5.73. The summed E-state index contributed by atoms with van der Waals surface area (Å²) in [6, 6.07) is 1.13. The molecule has 1 saturated carbocycles. The van der Waals surface area contributed by atoms with Gasteiger partial charge in [0.1, 0.15) is 11.7 Å². The standard InChI is InChI=1S/C12H14FNO3/c13-10-9(12(15)16)6-7-14-11(10)17-8-4-2-1-3-5-8/h6-8H,1-5H2,(H,15,16). The number of halogens is 1. The molecule has 5 heteroatoms. The summed E-state index contributed by atoms with van der Waals surface area (Å²) in [5.41, 5.74) is -0.397. The highest BCUT2D eigenvalue weighted by molar-refractivity contribution is 5.88. The van der Waals surface area contributed by atoms with Gasteiger partial charge in [0.15, 0.2) is 5.82 Å². The molecule has 1 fully saturated rings. The number of hydrogen-bond donors (Lipinski definition) is 1. The molecular weight excluding hydrogens is 225 g/mol. The molecular formula is C12H14FNO3. The topological polar surface area (TPSA) is 59.4 Å². The molecule has 1 heterocycles. The predicted octanol–water partition coefficient (Wildman–Crippen LogP) is 2.63. The first kappa shape index (κ1) is 11.8. The largest absolute Gasteiger partial charge is 0.478 e. The molecule has 1 N–H and O–H groups in total. The Hall–Kier alpha value is -1.65. The highest BCUT2D eigenvalue weighted by Gasteiger charge is 2.21. The number of hydrogen-bond acceptors (Lipinski definition) is 3. The summed E-state index contributed by atoms with van der Waals surface area (Å²) < 4.78 is 19.1. The van der Waals surface area contributed by atoms with Crippen LogP contribution in [0.1, 0.15) is 42.5 Å². The lowest BCUT2D eigenvalue weighted by atomic mass is 9.98. The molecule has 92 valence electrons. The van der Waals surface area contributed by atoms with Gasteiger partial charge in [-0.05, 0) is 31.7 Å². The summed E-state index contributed by atoms with van der Waals surface area (Å²) in [6.07, 6.45) is 6.25. The number of carboxylic acids is 1. The van der Waals surface area contributed by atoms with Gasteiger partial charge in [-0.1, -0.05) is 6.42 Å². The van der Waals surface area contributed by atoms with Crippen LogP contribution in [0.25, 0.3) is 0 Å². The maximum absolute atomic E-state index is 13.7. The monoisotopic (exact) mass is 239 g/mol. The van der Waals surface area contributed by atoms with Crippen LogP contribution in [0.4, 0.5) is 4.39 Å². The Balaban J connectivity index is 2.15. The fourth-order valence-electron chi connectivity index (χ4n) is 2.01. The zero-order chi connectivity index (χ0) is 12.3. The summed E-state index contributed by atoms with van der Waals surface area (Å²) in [5, 5.41) is 8.77. The third kappa shape index (κ3) is 2.72. The Morgan fingerprint density at radius 3 is 2.76 bits per heavy atom. The Labute approximate surface area is 98.4 Å². The first-order chi connectivity index (χ1) is 8.18. The lowest BCUT2D eigenvalue weighted by Crippen LogP contribution is -2.21. The minimum atomic E-state index is -1.31. The van der Waals surface area contributed by atoms with Crippen molar-refractivity contribution in [2.45, 2.75) is 38.2 Å². The van der Waals surface area contributed by atoms with Gasteiger partial charge in [0.05, 0.1) is 0 Å². The highest BCUT2D eigenvalue weighted by Crippen LogP contribution is 2.25. The summed E-state index contributed by atoms with van der Waals surface area (Å²) in [4.78, 5) is 14.5. The van der Waals surface area contributed by atoms with E-state index in [1.165, 1.54) is 12.6 Å². The Kier molecular flexibility index (Phi) is 3.56. The van der Waals surface area contributed by atoms with E-state index in [9.17, 15) is 9.18 Å². The van der Waals surface area contributed by atoms with Gasteiger partial charge in [0.25, 0.3) is 5.88 Å². The van der Waals surface area contributed by atoms with Gasteiger partial charge in [-0.25, -0.2) is 14.2 Å². The van der Waals surface area contributed by atoms with Crippen LogP contribution in [-0.4, -0.2) is 22.2 Å². The van der Waals surface area contributed by atoms with E-state index in [4.69, 9.17) is 9.84 Å². The number of aromatic nitrogens is 1. The normalized spacial score (nSPS) is 16.8. The molecule has 1 aliphatic carbocycles. The second-order valence-electron chi connectivity index (χ2n) is 4.16. The van der Waals surface area contributed by atoms with E-state index in [0.717, 1.165) is 31.7 Å². The second kappa shape index (κ2) is 5.12. The van der Waals surface area contributed by atoms with E-state index in [-0.39, 0.29) is 12.0 Å². The number of carbonyl (C=O) groups is 1. The van der Waals surface area contributed by atoms with E-state index in [2.05, 4.69) is 4.98 Å². The molecule has 0 radical (unpaired) electrons. The molecule has 0 bridgehead atoms. The Morgan fingerprint density at radius 1 is 1.41 bits per heavy atom. The summed E-state index contributed by atoms with van der Waals surface area (Å²) in [6.45, 7) is 0. The van der Waals surface area contributed by atoms with Crippen LogP contribution >= 0.6 is 0 Å². The van der Waals surface area contributed by atoms with Crippen molar-refractivity contribution in [1.82, 2.24) is 4.98 Å². The maximum atomic E-state index is 13.7. The fraction of sp³-hybridized carbons (Fsp3) is 0.500. The van der Waals surface area contributed by atoms with Gasteiger partial charge in [-0.15, -0.1) is 0 Å². The number of ether oxygens (including phenoxy) is 1. The molecule has 1 aliphatic rings. The minimum Gasteiger partial charge on any atom is -0.478 e. The van der Waals surface area contributed by atoms with Crippen LogP contribution in [-0.2, 0) is 0 Å². The molecule has 0 aliphatic heterocycles. The molecule has 0 spiro atoms. The van der Waals surface area contributed by atoms with Gasteiger partial charge in [0, 0.05) is 6.20 Å². The van der Waals surface area contributed by atoms with E-state index < -0.39 is 17.3 Å². The van der Waals surface area contributed by atoms with Crippen molar-refractivity contribution in [3.63, 3.8) is 0 Å². The number of carboxylic acid groups (broad SMARTS) is 1. The van der Waals surface area contributed by atoms with Crippen molar-refractivity contribution < 1.29 is 19.0 Å². The SMILES string of the molecule is O=C(O)c1ccnc(OC2CCCCC2)c1F. The van der Waals surface area contributed by atoms with Crippen molar-refractivity contribution in [3.8, 4) is 5.88 Å². The maximum Gasteiger partial charge on any atom is 0.338 e. The Morgan fingerprint density at radius 2 is 2.12 bits per heavy atom. The highest BCUT2D eigenvalue weighted by atomic mass is 19.1. The zero-order valence-corrected chi connectivity index (χ0v) is 9.36. The second-order valence-corrected chi connectivity index (χ2v) is 4.16. The molecule has 1 aromatic rings. The lowest BCUT2D eigenvalue weighted by molar-refractivity contribution is 0.0688. The van der Waals surface area contributed by atoms with Crippen molar-refractivity contribution in [3.05, 3.63) is 23.6 Å². The number of rotatable bonds is 3. The number of pyridine rings is 1. The Bertz CT molecular complexity index is 416. The summed E-state index contributed by atoms with van der Waals surface area (Å²) in [7, 11) is 0. The van der Waals surface area contributed by atoms with Crippen molar-refractivity contribution >= 4 is 5.97 Å². The van der Waals surface area contributed by atoms with Gasteiger partial charge in [0.2, 0.25) is 0 Å². The molecule has 0 unspecified atom stereocenters. The quantitative estimate of drug-likeness (QED) is 0.880. The smallest absolute Gasteiger partial charge is 0.338 e. The van der Waals surface area contributed by atoms with Crippen LogP contribution in [0.5, 0.6) is 5.88 Å². The van der Waals surface area contributed by atoms with Gasteiger partial charge in [-0.3, -0.25) is 0 Å². The van der Waals surface area contributed by atoms with E-state index >= 15 is 0 Å². The average molecular weight is 239 g/mol. The van der Waals surface area contributed by atoms with Crippen LogP contribution in [0.2, 0.25) is 0 Å². The molecule has 0 atom stereocenters. The minimum absolute atomic E-state index is 0.0465. The van der Waals surface area contributed by atoms with E-state index in [0.29, 0.717) is 0 Å². The van der Waals surface area contributed by atoms with Crippen LogP contribution < -0.4 is 4.74 Å². The summed E-state index contributed by atoms with van der Waals surface area (Å²) >= 11 is 0. The van der Waals surface area contributed by atoms with E-state index in [1.807, 2.05) is 0 Å². The van der Waals surface area contributed by atoms with Crippen molar-refractivity contribution in [2.24, 2.45) is 0 Å².